The highest BCUT2D eigenvalue weighted by molar-refractivity contribution is 7.17. The van der Waals surface area contributed by atoms with Gasteiger partial charge in [-0.05, 0) is 33.3 Å². The fourth-order valence-electron chi connectivity index (χ4n) is 4.22. The molecule has 2 aliphatic heterocycles. The maximum absolute atomic E-state index is 12.5. The number of nitrogens with one attached hydrogen (secondary N) is 1. The number of rotatable bonds is 4. The van der Waals surface area contributed by atoms with Crippen LogP contribution in [0.4, 0.5) is 5.00 Å². The zero-order valence-electron chi connectivity index (χ0n) is 16.8. The van der Waals surface area contributed by atoms with Gasteiger partial charge in [-0.2, -0.15) is 0 Å². The Bertz CT molecular complexity index is 855. The lowest BCUT2D eigenvalue weighted by Gasteiger charge is -2.38. The van der Waals surface area contributed by atoms with E-state index in [1.807, 2.05) is 0 Å². The third-order valence-corrected chi connectivity index (χ3v) is 6.56. The summed E-state index contributed by atoms with van der Waals surface area (Å²) in [5.41, 5.74) is 0.867. The molecular formula is C19H26N3O5S+. The molecule has 0 bridgehead atoms. The van der Waals surface area contributed by atoms with E-state index in [2.05, 4.69) is 38.3 Å². The van der Waals surface area contributed by atoms with E-state index in [-0.39, 0.29) is 42.3 Å². The molecule has 0 spiro atoms. The minimum absolute atomic E-state index is 0.115. The van der Waals surface area contributed by atoms with E-state index >= 15 is 0 Å². The molecule has 0 aromatic carbocycles. The lowest BCUT2D eigenvalue weighted by molar-refractivity contribution is -0.789. The molecule has 3 N–H and O–H groups in total. The number of quaternary nitrogens is 1. The molecule has 3 amide bonds. The van der Waals surface area contributed by atoms with Crippen LogP contribution in [-0.2, 0) is 31.1 Å². The van der Waals surface area contributed by atoms with Gasteiger partial charge >= 0.3 is 5.97 Å². The zero-order chi connectivity index (χ0) is 20.9. The summed E-state index contributed by atoms with van der Waals surface area (Å²) in [4.78, 5) is 50.5. The van der Waals surface area contributed by atoms with E-state index in [1.165, 1.54) is 18.4 Å². The van der Waals surface area contributed by atoms with Gasteiger partial charge in [-0.15, -0.1) is 11.3 Å². The molecule has 0 aliphatic carbocycles. The Morgan fingerprint density at radius 3 is 2.36 bits per heavy atom. The molecule has 0 unspecified atom stereocenters. The lowest BCUT2D eigenvalue weighted by Crippen LogP contribution is -3.03. The van der Waals surface area contributed by atoms with E-state index in [1.54, 1.807) is 0 Å². The molecule has 0 saturated carbocycles. The molecular weight excluding hydrogens is 382 g/mol. The lowest BCUT2D eigenvalue weighted by atomic mass is 9.81. The predicted octanol–water partition coefficient (Wildman–Crippen LogP) is 0.755. The molecule has 0 radical (unpaired) electrons. The van der Waals surface area contributed by atoms with Crippen LogP contribution in [0.3, 0.4) is 0 Å². The summed E-state index contributed by atoms with van der Waals surface area (Å²) >= 11 is 1.35. The summed E-state index contributed by atoms with van der Waals surface area (Å²) in [6.07, 6.45) is 0.920. The second-order valence-corrected chi connectivity index (χ2v) is 9.58. The Morgan fingerprint density at radius 2 is 1.79 bits per heavy atom. The SMILES string of the molecule is COC(=O)c1c(NC(=O)CN2C(=O)CCC2=O)sc2c1CC(C)(C)[NH2+]C2(C)C. The van der Waals surface area contributed by atoms with Gasteiger partial charge in [0.15, 0.2) is 0 Å². The third-order valence-electron chi connectivity index (χ3n) is 5.08. The highest BCUT2D eigenvalue weighted by atomic mass is 32.1. The molecule has 28 heavy (non-hydrogen) atoms. The monoisotopic (exact) mass is 408 g/mol. The van der Waals surface area contributed by atoms with Crippen molar-refractivity contribution < 1.29 is 29.2 Å². The number of esters is 1. The first-order valence-electron chi connectivity index (χ1n) is 9.20. The van der Waals surface area contributed by atoms with Crippen LogP contribution in [0, 0.1) is 0 Å². The van der Waals surface area contributed by atoms with Crippen molar-refractivity contribution in [3.8, 4) is 0 Å². The number of methoxy groups -OCH3 is 1. The summed E-state index contributed by atoms with van der Waals surface area (Å²) in [5, 5.41) is 5.39. The van der Waals surface area contributed by atoms with E-state index in [9.17, 15) is 19.2 Å². The van der Waals surface area contributed by atoms with E-state index in [4.69, 9.17) is 4.74 Å². The van der Waals surface area contributed by atoms with Crippen LogP contribution in [0.1, 0.15) is 61.3 Å². The number of amides is 3. The van der Waals surface area contributed by atoms with Crippen LogP contribution >= 0.6 is 11.3 Å². The average Bonchev–Trinajstić information content (AvgIpc) is 3.07. The topological polar surface area (TPSA) is 109 Å². The van der Waals surface area contributed by atoms with Gasteiger partial charge in [0.25, 0.3) is 0 Å². The van der Waals surface area contributed by atoms with Crippen molar-refractivity contribution in [2.24, 2.45) is 0 Å². The fraction of sp³-hybridized carbons (Fsp3) is 0.579. The molecule has 9 heteroatoms. The molecule has 1 fully saturated rings. The molecule has 2 aliphatic rings. The van der Waals surface area contributed by atoms with Crippen LogP contribution in [0.15, 0.2) is 0 Å². The highest BCUT2D eigenvalue weighted by Gasteiger charge is 2.45. The standard InChI is InChI=1S/C19H25N3O5S/c1-18(2)8-10-14(17(26)27-5)16(28-15(10)19(3,4)21-18)20-11(23)9-22-12(24)6-7-13(22)25/h21H,6-9H2,1-5H3,(H,20,23)/p+1. The van der Waals surface area contributed by atoms with Crippen molar-refractivity contribution >= 4 is 40.0 Å². The van der Waals surface area contributed by atoms with Crippen LogP contribution in [-0.4, -0.2) is 47.8 Å². The summed E-state index contributed by atoms with van der Waals surface area (Å²) in [6, 6.07) is 0. The van der Waals surface area contributed by atoms with Crippen molar-refractivity contribution in [1.29, 1.82) is 0 Å². The van der Waals surface area contributed by atoms with Gasteiger partial charge in [0, 0.05) is 19.3 Å². The van der Waals surface area contributed by atoms with Crippen LogP contribution in [0.25, 0.3) is 0 Å². The summed E-state index contributed by atoms with van der Waals surface area (Å²) in [6.45, 7) is 8.04. The normalized spacial score (nSPS) is 20.1. The van der Waals surface area contributed by atoms with Gasteiger partial charge in [-0.1, -0.05) is 0 Å². The van der Waals surface area contributed by atoms with Crippen molar-refractivity contribution in [2.75, 3.05) is 19.0 Å². The Balaban J connectivity index is 1.94. The quantitative estimate of drug-likeness (QED) is 0.565. The van der Waals surface area contributed by atoms with Gasteiger partial charge in [0.05, 0.1) is 23.1 Å². The largest absolute Gasteiger partial charge is 0.465 e. The molecule has 1 aromatic rings. The van der Waals surface area contributed by atoms with E-state index in [0.29, 0.717) is 17.0 Å². The number of nitrogens with two attached hydrogens (primary N) is 1. The molecule has 8 nitrogen and oxygen atoms in total. The molecule has 3 rings (SSSR count). The van der Waals surface area contributed by atoms with Crippen molar-refractivity contribution in [1.82, 2.24) is 4.90 Å². The minimum atomic E-state index is -0.506. The first-order chi connectivity index (χ1) is 12.9. The molecule has 3 heterocycles. The molecule has 152 valence electrons. The van der Waals surface area contributed by atoms with E-state index < -0.39 is 11.9 Å². The van der Waals surface area contributed by atoms with Crippen LogP contribution < -0.4 is 10.6 Å². The van der Waals surface area contributed by atoms with Crippen molar-refractivity contribution in [3.63, 3.8) is 0 Å². The van der Waals surface area contributed by atoms with Gasteiger partial charge in [0.2, 0.25) is 17.7 Å². The second-order valence-electron chi connectivity index (χ2n) is 8.56. The number of hydrogen-bond donors (Lipinski definition) is 2. The number of likely N-dealkylation sites (tertiary alicyclic amines) is 1. The summed E-state index contributed by atoms with van der Waals surface area (Å²) in [7, 11) is 1.31. The first-order valence-corrected chi connectivity index (χ1v) is 10.0. The smallest absolute Gasteiger partial charge is 0.341 e. The number of ether oxygens (including phenoxy) is 1. The van der Waals surface area contributed by atoms with Crippen LogP contribution in [0.5, 0.6) is 0 Å². The Kier molecular flexibility index (Phi) is 5.09. The minimum Gasteiger partial charge on any atom is -0.465 e. The number of thiophene rings is 1. The Labute approximate surface area is 167 Å². The summed E-state index contributed by atoms with van der Waals surface area (Å²) < 4.78 is 4.97. The third kappa shape index (κ3) is 3.68. The maximum atomic E-state index is 12.5. The Morgan fingerprint density at radius 1 is 1.18 bits per heavy atom. The summed E-state index contributed by atoms with van der Waals surface area (Å²) in [5.74, 6) is -1.71. The molecule has 0 atom stereocenters. The van der Waals surface area contributed by atoms with Gasteiger partial charge in [-0.25, -0.2) is 4.79 Å². The van der Waals surface area contributed by atoms with Gasteiger partial charge in [0.1, 0.15) is 17.1 Å². The number of carbonyl (C=O) groups is 4. The highest BCUT2D eigenvalue weighted by Crippen LogP contribution is 2.42. The van der Waals surface area contributed by atoms with Crippen molar-refractivity contribution in [3.05, 3.63) is 16.0 Å². The first kappa shape index (κ1) is 20.5. The number of fused-ring (bicyclic) bond motifs is 1. The van der Waals surface area contributed by atoms with Crippen molar-refractivity contribution in [2.45, 2.75) is 58.0 Å². The number of hydrogen-bond acceptors (Lipinski definition) is 6. The molecule has 1 aromatic heterocycles. The van der Waals surface area contributed by atoms with E-state index in [0.717, 1.165) is 15.3 Å². The number of nitrogens with zero attached hydrogens (tertiary/aromatic N) is 1. The number of anilines is 1. The maximum Gasteiger partial charge on any atom is 0.341 e. The number of imide groups is 1. The Hall–Kier alpha value is -2.26. The van der Waals surface area contributed by atoms with Gasteiger partial charge in [-0.3, -0.25) is 19.3 Å². The molecule has 1 saturated heterocycles. The average molecular weight is 409 g/mol. The fourth-order valence-corrected chi connectivity index (χ4v) is 5.52. The number of carbonyl (C=O) groups excluding carboxylic acids is 4. The second kappa shape index (κ2) is 6.97. The van der Waals surface area contributed by atoms with Crippen LogP contribution in [0.2, 0.25) is 0 Å². The zero-order valence-corrected chi connectivity index (χ0v) is 17.6. The predicted molar refractivity (Wildman–Crippen MR) is 103 cm³/mol. The van der Waals surface area contributed by atoms with Gasteiger partial charge < -0.3 is 15.4 Å².